The number of dihydropyridines is 1. The molecule has 0 saturated carbocycles. The van der Waals surface area contributed by atoms with Crippen LogP contribution in [0.5, 0.6) is 11.5 Å². The third kappa shape index (κ3) is 4.87. The van der Waals surface area contributed by atoms with Crippen molar-refractivity contribution in [2.45, 2.75) is 58.0 Å². The fourth-order valence-corrected chi connectivity index (χ4v) is 5.31. The van der Waals surface area contributed by atoms with Crippen LogP contribution in [0.3, 0.4) is 0 Å². The van der Waals surface area contributed by atoms with Gasteiger partial charge in [0.1, 0.15) is 0 Å². The molecule has 2 aliphatic rings. The predicted octanol–water partition coefficient (Wildman–Crippen LogP) is 5.87. The summed E-state index contributed by atoms with van der Waals surface area (Å²) in [6.07, 6.45) is 1.43. The van der Waals surface area contributed by atoms with E-state index in [1.54, 1.807) is 12.1 Å². The number of ether oxygens (including phenoxy) is 2. The van der Waals surface area contributed by atoms with Crippen LogP contribution < -0.4 is 10.1 Å². The number of Topliss-reactive ketones (excluding diaryl/α,β-unsaturated/α-hetero) is 1. The number of esters is 1. The van der Waals surface area contributed by atoms with Gasteiger partial charge in [-0.25, -0.2) is 4.79 Å². The quantitative estimate of drug-likeness (QED) is 0.446. The molecule has 1 aliphatic heterocycles. The Kier molecular flexibility index (Phi) is 7.36. The van der Waals surface area contributed by atoms with Gasteiger partial charge in [0.05, 0.1) is 23.3 Å². The number of methoxy groups -OCH3 is 1. The van der Waals surface area contributed by atoms with Gasteiger partial charge >= 0.3 is 5.97 Å². The van der Waals surface area contributed by atoms with Gasteiger partial charge < -0.3 is 19.9 Å². The number of hydrogen-bond donors (Lipinski definition) is 2. The minimum absolute atomic E-state index is 0.0119. The smallest absolute Gasteiger partial charge is 0.337 e. The first-order valence-corrected chi connectivity index (χ1v) is 12.6. The Morgan fingerprint density at radius 1 is 1.20 bits per heavy atom. The molecule has 0 bridgehead atoms. The number of carbonyl (C=O) groups is 2. The lowest BCUT2D eigenvalue weighted by molar-refractivity contribution is -0.144. The molecule has 4 rings (SSSR count). The standard InChI is InChI=1S/C28H30BrNO5/c1-5-15(2)35-28(33)24-16(3)30-21-12-18(17-9-7-6-8-10-17)13-22(31)26(21)25(24)19-11-20(29)27(32)23(14-19)34-4/h6-11,14-15,18,25,30,32H,5,12-13H2,1-4H3. The molecule has 0 fully saturated rings. The van der Waals surface area contributed by atoms with Gasteiger partial charge in [0, 0.05) is 29.3 Å². The predicted molar refractivity (Wildman–Crippen MR) is 137 cm³/mol. The summed E-state index contributed by atoms with van der Waals surface area (Å²) in [5, 5.41) is 13.7. The van der Waals surface area contributed by atoms with Crippen molar-refractivity contribution in [2.24, 2.45) is 0 Å². The number of carbonyl (C=O) groups excluding carboxylic acids is 2. The maximum Gasteiger partial charge on any atom is 0.337 e. The van der Waals surface area contributed by atoms with Gasteiger partial charge in [-0.1, -0.05) is 37.3 Å². The van der Waals surface area contributed by atoms with E-state index in [0.717, 1.165) is 11.3 Å². The molecule has 1 aliphatic carbocycles. The zero-order valence-electron chi connectivity index (χ0n) is 20.4. The van der Waals surface area contributed by atoms with Gasteiger partial charge in [-0.15, -0.1) is 0 Å². The summed E-state index contributed by atoms with van der Waals surface area (Å²) in [6.45, 7) is 5.64. The molecule has 0 aromatic heterocycles. The Morgan fingerprint density at radius 3 is 2.57 bits per heavy atom. The zero-order chi connectivity index (χ0) is 25.3. The largest absolute Gasteiger partial charge is 0.503 e. The lowest BCUT2D eigenvalue weighted by atomic mass is 9.71. The second-order valence-electron chi connectivity index (χ2n) is 9.11. The van der Waals surface area contributed by atoms with Crippen molar-refractivity contribution in [2.75, 3.05) is 7.11 Å². The molecular formula is C28H30BrNO5. The molecule has 0 spiro atoms. The van der Waals surface area contributed by atoms with Crippen molar-refractivity contribution in [3.63, 3.8) is 0 Å². The Labute approximate surface area is 214 Å². The van der Waals surface area contributed by atoms with Gasteiger partial charge in [-0.2, -0.15) is 0 Å². The number of aromatic hydroxyl groups is 1. The number of rotatable bonds is 6. The van der Waals surface area contributed by atoms with Crippen molar-refractivity contribution in [3.05, 3.63) is 80.6 Å². The van der Waals surface area contributed by atoms with Crippen LogP contribution in [-0.2, 0) is 14.3 Å². The highest BCUT2D eigenvalue weighted by atomic mass is 79.9. The number of halogens is 1. The zero-order valence-corrected chi connectivity index (χ0v) is 21.9. The van der Waals surface area contributed by atoms with Crippen LogP contribution in [0.1, 0.15) is 63.0 Å². The molecule has 0 amide bonds. The van der Waals surface area contributed by atoms with E-state index in [-0.39, 0.29) is 29.3 Å². The molecule has 2 aromatic rings. The molecule has 3 unspecified atom stereocenters. The van der Waals surface area contributed by atoms with Gasteiger partial charge in [0.2, 0.25) is 0 Å². The molecule has 7 heteroatoms. The van der Waals surface area contributed by atoms with E-state index in [9.17, 15) is 14.7 Å². The van der Waals surface area contributed by atoms with Gasteiger partial charge in [-0.3, -0.25) is 4.79 Å². The molecule has 1 heterocycles. The fraction of sp³-hybridized carbons (Fsp3) is 0.357. The van der Waals surface area contributed by atoms with E-state index in [0.29, 0.717) is 46.1 Å². The Morgan fingerprint density at radius 2 is 1.91 bits per heavy atom. The van der Waals surface area contributed by atoms with Crippen molar-refractivity contribution in [1.82, 2.24) is 5.32 Å². The SMILES string of the molecule is CCC(C)OC(=O)C1=C(C)NC2=C(C(=O)CC(c3ccccc3)C2)C1c1cc(Br)c(O)c(OC)c1. The molecule has 6 nitrogen and oxygen atoms in total. The summed E-state index contributed by atoms with van der Waals surface area (Å²) in [5.41, 5.74) is 4.23. The maximum atomic E-state index is 13.7. The van der Waals surface area contributed by atoms with Crippen molar-refractivity contribution in [1.29, 1.82) is 0 Å². The van der Waals surface area contributed by atoms with Crippen LogP contribution >= 0.6 is 15.9 Å². The van der Waals surface area contributed by atoms with Crippen LogP contribution in [0.25, 0.3) is 0 Å². The summed E-state index contributed by atoms with van der Waals surface area (Å²) >= 11 is 3.39. The fourth-order valence-electron chi connectivity index (χ4n) is 4.85. The molecule has 2 aromatic carbocycles. The van der Waals surface area contributed by atoms with Gasteiger partial charge in [0.15, 0.2) is 17.3 Å². The number of hydrogen-bond acceptors (Lipinski definition) is 6. The van der Waals surface area contributed by atoms with E-state index < -0.39 is 11.9 Å². The minimum Gasteiger partial charge on any atom is -0.503 e. The van der Waals surface area contributed by atoms with Crippen LogP contribution in [0, 0.1) is 0 Å². The number of ketones is 1. The van der Waals surface area contributed by atoms with Gasteiger partial charge in [0.25, 0.3) is 0 Å². The lowest BCUT2D eigenvalue weighted by Crippen LogP contribution is -2.36. The summed E-state index contributed by atoms with van der Waals surface area (Å²) in [5.74, 6) is -0.837. The highest BCUT2D eigenvalue weighted by Gasteiger charge is 2.42. The molecular weight excluding hydrogens is 510 g/mol. The number of phenols is 1. The van der Waals surface area contributed by atoms with E-state index in [1.807, 2.05) is 51.1 Å². The molecule has 2 N–H and O–H groups in total. The highest BCUT2D eigenvalue weighted by Crippen LogP contribution is 2.48. The Balaban J connectivity index is 1.85. The molecule has 3 atom stereocenters. The van der Waals surface area contributed by atoms with Crippen LogP contribution in [0.15, 0.2) is 69.5 Å². The molecule has 0 radical (unpaired) electrons. The first-order valence-electron chi connectivity index (χ1n) is 11.8. The third-order valence-electron chi connectivity index (χ3n) is 6.81. The monoisotopic (exact) mass is 539 g/mol. The maximum absolute atomic E-state index is 13.7. The number of nitrogens with one attached hydrogen (secondary N) is 1. The normalized spacial score (nSPS) is 20.8. The third-order valence-corrected chi connectivity index (χ3v) is 7.41. The van der Waals surface area contributed by atoms with Crippen molar-refractivity contribution < 1.29 is 24.2 Å². The van der Waals surface area contributed by atoms with Crippen molar-refractivity contribution in [3.8, 4) is 11.5 Å². The number of allylic oxidation sites excluding steroid dienone is 3. The second kappa shape index (κ2) is 10.3. The molecule has 0 saturated heterocycles. The molecule has 184 valence electrons. The Hall–Kier alpha value is -3.06. The lowest BCUT2D eigenvalue weighted by Gasteiger charge is -2.37. The van der Waals surface area contributed by atoms with E-state index in [4.69, 9.17) is 9.47 Å². The number of phenolic OH excluding ortho intramolecular Hbond substituents is 1. The topological polar surface area (TPSA) is 84.9 Å². The Bertz CT molecular complexity index is 1220. The summed E-state index contributed by atoms with van der Waals surface area (Å²) in [4.78, 5) is 27.1. The second-order valence-corrected chi connectivity index (χ2v) is 9.96. The summed E-state index contributed by atoms with van der Waals surface area (Å²) in [7, 11) is 1.47. The molecule has 35 heavy (non-hydrogen) atoms. The average molecular weight is 540 g/mol. The first kappa shape index (κ1) is 25.0. The summed E-state index contributed by atoms with van der Waals surface area (Å²) in [6, 6.07) is 13.4. The van der Waals surface area contributed by atoms with Crippen LogP contribution in [-0.4, -0.2) is 30.1 Å². The van der Waals surface area contributed by atoms with Crippen LogP contribution in [0.2, 0.25) is 0 Å². The van der Waals surface area contributed by atoms with Crippen molar-refractivity contribution >= 4 is 27.7 Å². The summed E-state index contributed by atoms with van der Waals surface area (Å²) < 4.78 is 11.5. The van der Waals surface area contributed by atoms with E-state index in [2.05, 4.69) is 21.2 Å². The highest BCUT2D eigenvalue weighted by molar-refractivity contribution is 9.10. The van der Waals surface area contributed by atoms with E-state index >= 15 is 0 Å². The van der Waals surface area contributed by atoms with Gasteiger partial charge in [-0.05, 0) is 71.8 Å². The first-order chi connectivity index (χ1) is 16.7. The average Bonchev–Trinajstić information content (AvgIpc) is 2.84. The van der Waals surface area contributed by atoms with E-state index in [1.165, 1.54) is 7.11 Å². The number of benzene rings is 2. The minimum atomic E-state index is -0.641. The van der Waals surface area contributed by atoms with Crippen LogP contribution in [0.4, 0.5) is 0 Å².